The molecule has 0 aliphatic carbocycles. The highest BCUT2D eigenvalue weighted by molar-refractivity contribution is 7.89. The summed E-state index contributed by atoms with van der Waals surface area (Å²) in [5, 5.41) is 10.1. The highest BCUT2D eigenvalue weighted by atomic mass is 32.2. The van der Waals surface area contributed by atoms with Gasteiger partial charge in [0.1, 0.15) is 10.9 Å². The van der Waals surface area contributed by atoms with E-state index in [1.165, 1.54) is 0 Å². The van der Waals surface area contributed by atoms with Gasteiger partial charge in [0.15, 0.2) is 0 Å². The fraction of sp³-hybridized carbons (Fsp3) is 0.211. The lowest BCUT2D eigenvalue weighted by atomic mass is 10.1. The normalized spacial score (nSPS) is 13.0. The summed E-state index contributed by atoms with van der Waals surface area (Å²) in [4.78, 5) is 11.8. The highest BCUT2D eigenvalue weighted by Gasteiger charge is 2.30. The summed E-state index contributed by atoms with van der Waals surface area (Å²) >= 11 is 0. The maximum atomic E-state index is 13.1. The molecular formula is C19H20N2O4S. The average Bonchev–Trinajstić information content (AvgIpc) is 2.84. The fourth-order valence-corrected chi connectivity index (χ4v) is 4.80. The van der Waals surface area contributed by atoms with Gasteiger partial charge in [-0.25, -0.2) is 8.42 Å². The Morgan fingerprint density at radius 1 is 1.12 bits per heavy atom. The van der Waals surface area contributed by atoms with Crippen LogP contribution in [0.15, 0.2) is 53.4 Å². The number of sulfonamides is 1. The Balaban J connectivity index is 2.11. The number of rotatable bonds is 5. The Hall–Kier alpha value is -2.64. The molecule has 1 heterocycles. The van der Waals surface area contributed by atoms with Crippen LogP contribution in [-0.4, -0.2) is 24.1 Å². The van der Waals surface area contributed by atoms with E-state index in [1.807, 2.05) is 25.1 Å². The predicted molar refractivity (Wildman–Crippen MR) is 99.5 cm³/mol. The lowest BCUT2D eigenvalue weighted by Crippen LogP contribution is -2.34. The number of carboxylic acids is 1. The van der Waals surface area contributed by atoms with Gasteiger partial charge in [0.2, 0.25) is 10.0 Å². The van der Waals surface area contributed by atoms with Gasteiger partial charge in [-0.2, -0.15) is 4.72 Å². The molecule has 7 heteroatoms. The molecule has 0 fully saturated rings. The predicted octanol–water partition coefficient (Wildman–Crippen LogP) is 2.90. The van der Waals surface area contributed by atoms with Crippen LogP contribution in [0.3, 0.4) is 0 Å². The van der Waals surface area contributed by atoms with Crippen LogP contribution in [0, 0.1) is 13.8 Å². The molecule has 3 aromatic rings. The second-order valence-electron chi connectivity index (χ2n) is 6.30. The first-order valence-corrected chi connectivity index (χ1v) is 9.56. The minimum absolute atomic E-state index is 0.106. The van der Waals surface area contributed by atoms with Gasteiger partial charge in [-0.3, -0.25) is 4.79 Å². The topological polar surface area (TPSA) is 88.4 Å². The van der Waals surface area contributed by atoms with Gasteiger partial charge in [-0.05, 0) is 25.5 Å². The number of benzene rings is 2. The molecule has 3 rings (SSSR count). The van der Waals surface area contributed by atoms with Gasteiger partial charge in [-0.15, -0.1) is 0 Å². The van der Waals surface area contributed by atoms with Crippen LogP contribution in [0.4, 0.5) is 0 Å². The minimum atomic E-state index is -4.05. The number of aromatic nitrogens is 1. The molecule has 0 spiro atoms. The third kappa shape index (κ3) is 3.11. The summed E-state index contributed by atoms with van der Waals surface area (Å²) in [6, 6.07) is 12.6. The molecule has 0 amide bonds. The first-order valence-electron chi connectivity index (χ1n) is 8.08. The van der Waals surface area contributed by atoms with E-state index >= 15 is 0 Å². The lowest BCUT2D eigenvalue weighted by molar-refractivity contribution is -0.139. The van der Waals surface area contributed by atoms with Crippen molar-refractivity contribution in [1.29, 1.82) is 0 Å². The van der Waals surface area contributed by atoms with Gasteiger partial charge < -0.3 is 9.67 Å². The summed E-state index contributed by atoms with van der Waals surface area (Å²) in [5.74, 6) is -1.25. The van der Waals surface area contributed by atoms with E-state index in [0.29, 0.717) is 16.6 Å². The molecule has 26 heavy (non-hydrogen) atoms. The average molecular weight is 372 g/mol. The summed E-state index contributed by atoms with van der Waals surface area (Å²) in [6.07, 6.45) is 0. The molecule has 2 aromatic carbocycles. The molecular weight excluding hydrogens is 352 g/mol. The van der Waals surface area contributed by atoms with Gasteiger partial charge in [0.25, 0.3) is 0 Å². The molecule has 0 saturated heterocycles. The van der Waals surface area contributed by atoms with Crippen LogP contribution < -0.4 is 4.72 Å². The van der Waals surface area contributed by atoms with Crippen LogP contribution in [0.25, 0.3) is 10.9 Å². The number of aryl methyl sites for hydroxylation is 2. The Kier molecular flexibility index (Phi) is 4.60. The van der Waals surface area contributed by atoms with Crippen molar-refractivity contribution in [3.63, 3.8) is 0 Å². The number of carbonyl (C=O) groups is 1. The smallest absolute Gasteiger partial charge is 0.326 e. The monoisotopic (exact) mass is 372 g/mol. The number of nitrogens with zero attached hydrogens (tertiary/aromatic N) is 1. The van der Waals surface area contributed by atoms with Crippen LogP contribution in [0.5, 0.6) is 0 Å². The van der Waals surface area contributed by atoms with Crippen LogP contribution in [0.2, 0.25) is 0 Å². The van der Waals surface area contributed by atoms with E-state index in [1.54, 1.807) is 48.9 Å². The number of hydrogen-bond acceptors (Lipinski definition) is 3. The van der Waals surface area contributed by atoms with Crippen molar-refractivity contribution in [2.24, 2.45) is 7.05 Å². The second-order valence-corrected chi connectivity index (χ2v) is 7.95. The third-order valence-corrected chi connectivity index (χ3v) is 6.10. The Morgan fingerprint density at radius 3 is 2.46 bits per heavy atom. The first-order chi connectivity index (χ1) is 12.2. The summed E-state index contributed by atoms with van der Waals surface area (Å²) < 4.78 is 30.3. The van der Waals surface area contributed by atoms with Crippen molar-refractivity contribution in [3.05, 3.63) is 65.4 Å². The fourth-order valence-electron chi connectivity index (χ4n) is 3.15. The molecule has 0 aliphatic rings. The standard InChI is InChI=1S/C19H20N2O4S/c1-12-7-6-8-14(11-12)17(19(22)23)20-26(24,25)18-13(2)21(3)16-10-5-4-9-15(16)18/h4-11,17,20H,1-3H3,(H,22,23). The Morgan fingerprint density at radius 2 is 1.81 bits per heavy atom. The van der Waals surface area contributed by atoms with Crippen molar-refractivity contribution in [1.82, 2.24) is 9.29 Å². The van der Waals surface area contributed by atoms with E-state index < -0.39 is 22.0 Å². The Bertz CT molecular complexity index is 1100. The van der Waals surface area contributed by atoms with E-state index in [-0.39, 0.29) is 4.90 Å². The quantitative estimate of drug-likeness (QED) is 0.721. The second kappa shape index (κ2) is 6.59. The number of nitrogens with one attached hydrogen (secondary N) is 1. The van der Waals surface area contributed by atoms with Gasteiger partial charge in [0.05, 0.1) is 0 Å². The molecule has 1 atom stereocenters. The maximum Gasteiger partial charge on any atom is 0.326 e. The van der Waals surface area contributed by atoms with Crippen molar-refractivity contribution in [2.45, 2.75) is 24.8 Å². The number of aliphatic carboxylic acids is 1. The number of fused-ring (bicyclic) bond motifs is 1. The van der Waals surface area contributed by atoms with E-state index in [0.717, 1.165) is 11.1 Å². The zero-order valence-electron chi connectivity index (χ0n) is 14.7. The molecule has 2 N–H and O–H groups in total. The largest absolute Gasteiger partial charge is 0.480 e. The molecule has 0 saturated carbocycles. The van der Waals surface area contributed by atoms with Gasteiger partial charge in [0, 0.05) is 23.6 Å². The van der Waals surface area contributed by atoms with E-state index in [4.69, 9.17) is 0 Å². The van der Waals surface area contributed by atoms with E-state index in [9.17, 15) is 18.3 Å². The molecule has 1 unspecified atom stereocenters. The Labute approximate surface area is 152 Å². The summed E-state index contributed by atoms with van der Waals surface area (Å²) in [5.41, 5.74) is 2.56. The summed E-state index contributed by atoms with van der Waals surface area (Å²) in [6.45, 7) is 3.53. The molecule has 6 nitrogen and oxygen atoms in total. The third-order valence-electron chi connectivity index (χ3n) is 4.51. The zero-order chi connectivity index (χ0) is 19.1. The maximum absolute atomic E-state index is 13.1. The van der Waals surface area contributed by atoms with Gasteiger partial charge in [-0.1, -0.05) is 48.0 Å². The van der Waals surface area contributed by atoms with Crippen LogP contribution in [0.1, 0.15) is 22.9 Å². The molecule has 0 radical (unpaired) electrons. The molecule has 1 aromatic heterocycles. The van der Waals surface area contributed by atoms with E-state index in [2.05, 4.69) is 4.72 Å². The molecule has 136 valence electrons. The van der Waals surface area contributed by atoms with Crippen molar-refractivity contribution < 1.29 is 18.3 Å². The number of hydrogen-bond donors (Lipinski definition) is 2. The molecule has 0 bridgehead atoms. The van der Waals surface area contributed by atoms with Crippen molar-refractivity contribution >= 4 is 26.9 Å². The van der Waals surface area contributed by atoms with Gasteiger partial charge >= 0.3 is 5.97 Å². The van der Waals surface area contributed by atoms with Crippen LogP contribution >= 0.6 is 0 Å². The SMILES string of the molecule is Cc1cccc(C(NS(=O)(=O)c2c(C)n(C)c3ccccc23)C(=O)O)c1. The lowest BCUT2D eigenvalue weighted by Gasteiger charge is -2.16. The van der Waals surface area contributed by atoms with Crippen LogP contribution in [-0.2, 0) is 21.9 Å². The zero-order valence-corrected chi connectivity index (χ0v) is 15.5. The van der Waals surface area contributed by atoms with Crippen molar-refractivity contribution in [3.8, 4) is 0 Å². The summed E-state index contributed by atoms with van der Waals surface area (Å²) in [7, 11) is -2.27. The first kappa shape index (κ1) is 18.2. The molecule has 0 aliphatic heterocycles. The number of para-hydroxylation sites is 1. The number of carboxylic acid groups (broad SMARTS) is 1. The van der Waals surface area contributed by atoms with Crippen molar-refractivity contribution in [2.75, 3.05) is 0 Å². The highest BCUT2D eigenvalue weighted by Crippen LogP contribution is 2.30. The minimum Gasteiger partial charge on any atom is -0.480 e.